The van der Waals surface area contributed by atoms with Crippen LogP contribution in [0.4, 0.5) is 0 Å². The molecule has 0 saturated carbocycles. The molecular weight excluding hydrogens is 278 g/mol. The van der Waals surface area contributed by atoms with Crippen molar-refractivity contribution in [1.29, 1.82) is 0 Å². The van der Waals surface area contributed by atoms with Crippen molar-refractivity contribution in [1.82, 2.24) is 0 Å². The Labute approximate surface area is 125 Å². The van der Waals surface area contributed by atoms with Crippen LogP contribution < -0.4 is 21.9 Å². The van der Waals surface area contributed by atoms with Gasteiger partial charge < -0.3 is 21.9 Å². The lowest BCUT2D eigenvalue weighted by Gasteiger charge is -2.05. The third-order valence-electron chi connectivity index (χ3n) is 2.36. The van der Waals surface area contributed by atoms with Gasteiger partial charge in [0.15, 0.2) is 5.96 Å². The molecule has 0 heterocycles. The molecule has 1 aromatic carbocycles. The van der Waals surface area contributed by atoms with E-state index in [-0.39, 0.29) is 24.3 Å². The highest BCUT2D eigenvalue weighted by Crippen LogP contribution is 2.13. The zero-order chi connectivity index (χ0) is 14.1. The summed E-state index contributed by atoms with van der Waals surface area (Å²) in [5.41, 5.74) is 16.9. The Kier molecular flexibility index (Phi) is 8.95. The molecule has 6 nitrogen and oxygen atoms in total. The van der Waals surface area contributed by atoms with E-state index in [1.54, 1.807) is 0 Å². The summed E-state index contributed by atoms with van der Waals surface area (Å²) in [4.78, 5) is 7.68. The summed E-state index contributed by atoms with van der Waals surface area (Å²) < 4.78 is 5.56. The van der Waals surface area contributed by atoms with E-state index in [2.05, 4.69) is 16.9 Å². The van der Waals surface area contributed by atoms with Gasteiger partial charge in [-0.1, -0.05) is 25.5 Å². The molecule has 112 valence electrons. The minimum atomic E-state index is -0.0964. The monoisotopic (exact) mass is 299 g/mol. The summed E-state index contributed by atoms with van der Waals surface area (Å²) in [7, 11) is 0. The van der Waals surface area contributed by atoms with Crippen LogP contribution in [0.15, 0.2) is 34.3 Å². The van der Waals surface area contributed by atoms with Gasteiger partial charge in [0.2, 0.25) is 5.96 Å². The van der Waals surface area contributed by atoms with Crippen LogP contribution in [0.25, 0.3) is 0 Å². The fourth-order valence-corrected chi connectivity index (χ4v) is 1.37. The summed E-state index contributed by atoms with van der Waals surface area (Å²) in [6, 6.07) is 7.70. The average molecular weight is 300 g/mol. The Bertz CT molecular complexity index is 441. The van der Waals surface area contributed by atoms with Gasteiger partial charge in [-0.05, 0) is 24.1 Å². The maximum absolute atomic E-state index is 5.56. The van der Waals surface area contributed by atoms with E-state index in [0.717, 1.165) is 30.8 Å². The highest BCUT2D eigenvalue weighted by Gasteiger charge is 1.96. The molecule has 0 bridgehead atoms. The van der Waals surface area contributed by atoms with Crippen molar-refractivity contribution in [3.05, 3.63) is 29.8 Å². The van der Waals surface area contributed by atoms with Crippen LogP contribution >= 0.6 is 12.4 Å². The fraction of sp³-hybridized carbons (Fsp3) is 0.385. The number of aliphatic imine (C=N–C) groups is 2. The number of nitrogens with zero attached hydrogens (tertiary/aromatic N) is 2. The number of nitrogens with two attached hydrogens (primary N) is 3. The summed E-state index contributed by atoms with van der Waals surface area (Å²) in [6.45, 7) is 3.30. The highest BCUT2D eigenvalue weighted by atomic mass is 35.5. The van der Waals surface area contributed by atoms with Gasteiger partial charge in [0, 0.05) is 0 Å². The van der Waals surface area contributed by atoms with Gasteiger partial charge in [-0.15, -0.1) is 12.4 Å². The Morgan fingerprint density at radius 3 is 2.35 bits per heavy atom. The van der Waals surface area contributed by atoms with Crippen LogP contribution in [0.1, 0.15) is 25.3 Å². The summed E-state index contributed by atoms with van der Waals surface area (Å²) in [5, 5.41) is 0. The van der Waals surface area contributed by atoms with Gasteiger partial charge in [0.1, 0.15) is 5.75 Å². The van der Waals surface area contributed by atoms with E-state index in [9.17, 15) is 0 Å². The molecule has 0 fully saturated rings. The standard InChI is InChI=1S/C13H21N5O.ClH/c1-2-3-8-19-11-6-4-10(5-7-11)9-17-13(16)18-12(14)15;/h4-7H,2-3,8-9H2,1H3,(H6,14,15,16,17,18);1H. The molecule has 0 amide bonds. The second-order valence-electron chi connectivity index (χ2n) is 4.06. The fourth-order valence-electron chi connectivity index (χ4n) is 1.37. The Morgan fingerprint density at radius 1 is 1.15 bits per heavy atom. The van der Waals surface area contributed by atoms with Crippen LogP contribution in [-0.2, 0) is 6.54 Å². The van der Waals surface area contributed by atoms with Crippen molar-refractivity contribution < 1.29 is 4.74 Å². The Hall–Kier alpha value is -1.95. The molecule has 6 N–H and O–H groups in total. The normalized spacial score (nSPS) is 10.6. The highest BCUT2D eigenvalue weighted by molar-refractivity contribution is 5.92. The number of rotatable bonds is 6. The van der Waals surface area contributed by atoms with E-state index in [1.807, 2.05) is 24.3 Å². The average Bonchev–Trinajstić information content (AvgIpc) is 2.37. The van der Waals surface area contributed by atoms with E-state index >= 15 is 0 Å². The van der Waals surface area contributed by atoms with Gasteiger partial charge in [-0.25, -0.2) is 4.99 Å². The molecule has 7 heteroatoms. The molecule has 1 aromatic rings. The summed E-state index contributed by atoms with van der Waals surface area (Å²) in [6.07, 6.45) is 2.18. The molecule has 1 rings (SSSR count). The predicted octanol–water partition coefficient (Wildman–Crippen LogP) is 1.38. The first-order valence-corrected chi connectivity index (χ1v) is 6.23. The van der Waals surface area contributed by atoms with E-state index in [0.29, 0.717) is 6.54 Å². The minimum absolute atomic E-state index is 0. The first-order chi connectivity index (χ1) is 9.11. The van der Waals surface area contributed by atoms with Gasteiger partial charge in [-0.3, -0.25) is 0 Å². The Balaban J connectivity index is 0.00000361. The SMILES string of the molecule is CCCCOc1ccc(CN=C(N)N=C(N)N)cc1.Cl. The van der Waals surface area contributed by atoms with Crippen molar-refractivity contribution in [3.8, 4) is 5.75 Å². The number of guanidine groups is 2. The van der Waals surface area contributed by atoms with Crippen LogP contribution in [0, 0.1) is 0 Å². The van der Waals surface area contributed by atoms with E-state index < -0.39 is 0 Å². The van der Waals surface area contributed by atoms with Crippen molar-refractivity contribution >= 4 is 24.3 Å². The first kappa shape index (κ1) is 18.0. The molecule has 0 unspecified atom stereocenters. The molecule has 0 aliphatic rings. The molecule has 20 heavy (non-hydrogen) atoms. The van der Waals surface area contributed by atoms with Crippen molar-refractivity contribution in [3.63, 3.8) is 0 Å². The Morgan fingerprint density at radius 2 is 1.80 bits per heavy atom. The third-order valence-corrected chi connectivity index (χ3v) is 2.36. The van der Waals surface area contributed by atoms with Gasteiger partial charge in [0.25, 0.3) is 0 Å². The van der Waals surface area contributed by atoms with Gasteiger partial charge >= 0.3 is 0 Å². The van der Waals surface area contributed by atoms with Crippen molar-refractivity contribution in [2.75, 3.05) is 6.61 Å². The largest absolute Gasteiger partial charge is 0.494 e. The number of unbranched alkanes of at least 4 members (excludes halogenated alkanes) is 1. The topological polar surface area (TPSA) is 112 Å². The second kappa shape index (κ2) is 9.91. The number of hydrogen-bond acceptors (Lipinski definition) is 2. The molecule has 0 spiro atoms. The van der Waals surface area contributed by atoms with E-state index in [4.69, 9.17) is 21.9 Å². The molecule has 0 aliphatic heterocycles. The molecular formula is C13H22ClN5O. The molecule has 0 aliphatic carbocycles. The maximum Gasteiger partial charge on any atom is 0.218 e. The molecule has 0 aromatic heterocycles. The lowest BCUT2D eigenvalue weighted by Crippen LogP contribution is -2.26. The quantitative estimate of drug-likeness (QED) is 0.418. The zero-order valence-electron chi connectivity index (χ0n) is 11.6. The van der Waals surface area contributed by atoms with Crippen LogP contribution in [0.2, 0.25) is 0 Å². The van der Waals surface area contributed by atoms with Crippen LogP contribution in [0.3, 0.4) is 0 Å². The molecule has 0 atom stereocenters. The molecule has 0 radical (unpaired) electrons. The van der Waals surface area contributed by atoms with Crippen LogP contribution in [0.5, 0.6) is 5.75 Å². The van der Waals surface area contributed by atoms with E-state index in [1.165, 1.54) is 0 Å². The number of benzene rings is 1. The second-order valence-corrected chi connectivity index (χ2v) is 4.06. The summed E-state index contributed by atoms with van der Waals surface area (Å²) >= 11 is 0. The van der Waals surface area contributed by atoms with Gasteiger partial charge in [-0.2, -0.15) is 4.99 Å². The lowest BCUT2D eigenvalue weighted by molar-refractivity contribution is 0.309. The van der Waals surface area contributed by atoms with Gasteiger partial charge in [0.05, 0.1) is 13.2 Å². The smallest absolute Gasteiger partial charge is 0.218 e. The maximum atomic E-state index is 5.56. The lowest BCUT2D eigenvalue weighted by atomic mass is 10.2. The first-order valence-electron chi connectivity index (χ1n) is 6.23. The number of halogens is 1. The predicted molar refractivity (Wildman–Crippen MR) is 85.2 cm³/mol. The van der Waals surface area contributed by atoms with Crippen molar-refractivity contribution in [2.45, 2.75) is 26.3 Å². The van der Waals surface area contributed by atoms with Crippen LogP contribution in [-0.4, -0.2) is 18.5 Å². The zero-order valence-corrected chi connectivity index (χ0v) is 12.4. The minimum Gasteiger partial charge on any atom is -0.494 e. The third kappa shape index (κ3) is 7.48. The molecule has 0 saturated heterocycles. The number of hydrogen-bond donors (Lipinski definition) is 3. The number of ether oxygens (including phenoxy) is 1. The van der Waals surface area contributed by atoms with Crippen molar-refractivity contribution in [2.24, 2.45) is 27.2 Å². The summed E-state index contributed by atoms with van der Waals surface area (Å²) in [5.74, 6) is 0.836.